The van der Waals surface area contributed by atoms with Gasteiger partial charge in [-0.25, -0.2) is 4.39 Å². The molecule has 1 N–H and O–H groups in total. The Bertz CT molecular complexity index is 372. The zero-order valence-corrected chi connectivity index (χ0v) is 10.2. The Morgan fingerprint density at radius 3 is 2.71 bits per heavy atom. The molecule has 1 aliphatic rings. The molecule has 1 atom stereocenters. The number of methoxy groups -OCH3 is 1. The average Bonchev–Trinajstić information content (AvgIpc) is 2.81. The summed E-state index contributed by atoms with van der Waals surface area (Å²) in [6.07, 6.45) is 4.78. The second kappa shape index (κ2) is 5.50. The molecular formula is C14H19FO2. The predicted molar refractivity (Wildman–Crippen MR) is 64.5 cm³/mol. The summed E-state index contributed by atoms with van der Waals surface area (Å²) in [5.41, 5.74) is 0.387. The molecule has 0 heterocycles. The summed E-state index contributed by atoms with van der Waals surface area (Å²) < 4.78 is 18.7. The smallest absolute Gasteiger partial charge is 0.132 e. The minimum atomic E-state index is -0.691. The molecule has 1 aromatic rings. The highest BCUT2D eigenvalue weighted by atomic mass is 19.1. The van der Waals surface area contributed by atoms with Gasteiger partial charge in [0.1, 0.15) is 11.6 Å². The first-order valence-electron chi connectivity index (χ1n) is 6.22. The van der Waals surface area contributed by atoms with Gasteiger partial charge in [-0.05, 0) is 24.5 Å². The molecule has 17 heavy (non-hydrogen) atoms. The Hall–Kier alpha value is -1.09. The maximum absolute atomic E-state index is 13.7. The van der Waals surface area contributed by atoms with Crippen molar-refractivity contribution in [2.45, 2.75) is 38.2 Å². The van der Waals surface area contributed by atoms with E-state index in [4.69, 9.17) is 4.74 Å². The molecule has 0 aliphatic heterocycles. The molecule has 2 nitrogen and oxygen atoms in total. The van der Waals surface area contributed by atoms with E-state index in [1.165, 1.54) is 26.0 Å². The van der Waals surface area contributed by atoms with Crippen LogP contribution in [0.15, 0.2) is 18.2 Å². The average molecular weight is 238 g/mol. The number of ether oxygens (including phenoxy) is 1. The number of aliphatic hydroxyl groups is 1. The summed E-state index contributed by atoms with van der Waals surface area (Å²) in [5.74, 6) is 0.653. The quantitative estimate of drug-likeness (QED) is 0.870. The summed E-state index contributed by atoms with van der Waals surface area (Å²) in [5, 5.41) is 10.0. The number of rotatable bonds is 4. The van der Waals surface area contributed by atoms with E-state index in [1.807, 2.05) is 0 Å². The molecule has 0 amide bonds. The second-order valence-electron chi connectivity index (χ2n) is 4.79. The third-order valence-corrected chi connectivity index (χ3v) is 3.60. The van der Waals surface area contributed by atoms with Gasteiger partial charge >= 0.3 is 0 Å². The van der Waals surface area contributed by atoms with Crippen molar-refractivity contribution in [3.05, 3.63) is 29.6 Å². The number of hydrogen-bond donors (Lipinski definition) is 1. The van der Waals surface area contributed by atoms with E-state index < -0.39 is 6.10 Å². The molecule has 0 saturated heterocycles. The van der Waals surface area contributed by atoms with Crippen LogP contribution in [0, 0.1) is 11.7 Å². The first-order valence-corrected chi connectivity index (χ1v) is 6.22. The zero-order valence-electron chi connectivity index (χ0n) is 10.2. The standard InChI is InChI=1S/C14H19FO2/c1-17-11-6-7-12(13(15)9-11)14(16)8-10-4-2-3-5-10/h6-7,9-10,14,16H,2-5,8H2,1H3. The topological polar surface area (TPSA) is 29.5 Å². The first kappa shape index (κ1) is 12.4. The maximum Gasteiger partial charge on any atom is 0.132 e. The van der Waals surface area contributed by atoms with Crippen LogP contribution in [0.5, 0.6) is 5.75 Å². The van der Waals surface area contributed by atoms with E-state index in [-0.39, 0.29) is 5.82 Å². The van der Waals surface area contributed by atoms with E-state index in [2.05, 4.69) is 0 Å². The normalized spacial score (nSPS) is 18.3. The summed E-state index contributed by atoms with van der Waals surface area (Å²) in [6, 6.07) is 4.64. The van der Waals surface area contributed by atoms with Crippen molar-refractivity contribution in [2.75, 3.05) is 7.11 Å². The Labute approximate surface area is 101 Å². The van der Waals surface area contributed by atoms with Crippen molar-refractivity contribution < 1.29 is 14.2 Å². The minimum Gasteiger partial charge on any atom is -0.497 e. The van der Waals surface area contributed by atoms with Crippen LogP contribution in [0.4, 0.5) is 4.39 Å². The molecule has 0 aromatic heterocycles. The lowest BCUT2D eigenvalue weighted by atomic mass is 9.95. The Morgan fingerprint density at radius 1 is 1.41 bits per heavy atom. The van der Waals surface area contributed by atoms with Gasteiger partial charge in [-0.1, -0.05) is 25.7 Å². The van der Waals surface area contributed by atoms with Gasteiger partial charge in [0.2, 0.25) is 0 Å². The second-order valence-corrected chi connectivity index (χ2v) is 4.79. The minimum absolute atomic E-state index is 0.380. The fourth-order valence-electron chi connectivity index (χ4n) is 2.59. The van der Waals surface area contributed by atoms with Crippen molar-refractivity contribution in [1.29, 1.82) is 0 Å². The fourth-order valence-corrected chi connectivity index (χ4v) is 2.59. The van der Waals surface area contributed by atoms with Gasteiger partial charge < -0.3 is 9.84 Å². The lowest BCUT2D eigenvalue weighted by molar-refractivity contribution is 0.140. The molecule has 0 bridgehead atoms. The molecule has 3 heteroatoms. The van der Waals surface area contributed by atoms with Crippen LogP contribution in [-0.4, -0.2) is 12.2 Å². The van der Waals surface area contributed by atoms with Gasteiger partial charge in [-0.3, -0.25) is 0 Å². The van der Waals surface area contributed by atoms with Crippen LogP contribution < -0.4 is 4.74 Å². The van der Waals surface area contributed by atoms with E-state index in [9.17, 15) is 9.50 Å². The van der Waals surface area contributed by atoms with Crippen molar-refractivity contribution in [3.8, 4) is 5.75 Å². The molecule has 1 aromatic carbocycles. The van der Waals surface area contributed by atoms with E-state index in [1.54, 1.807) is 12.1 Å². The third-order valence-electron chi connectivity index (χ3n) is 3.60. The van der Waals surface area contributed by atoms with E-state index in [0.717, 1.165) is 12.8 Å². The van der Waals surface area contributed by atoms with Crippen LogP contribution in [0.25, 0.3) is 0 Å². The molecule has 1 aliphatic carbocycles. The van der Waals surface area contributed by atoms with Crippen molar-refractivity contribution in [2.24, 2.45) is 5.92 Å². The number of hydrogen-bond acceptors (Lipinski definition) is 2. The summed E-state index contributed by atoms with van der Waals surface area (Å²) in [7, 11) is 1.50. The molecule has 1 unspecified atom stereocenters. The van der Waals surface area contributed by atoms with Crippen LogP contribution in [0.3, 0.4) is 0 Å². The van der Waals surface area contributed by atoms with Gasteiger partial charge in [-0.2, -0.15) is 0 Å². The van der Waals surface area contributed by atoms with Crippen molar-refractivity contribution >= 4 is 0 Å². The molecular weight excluding hydrogens is 219 g/mol. The lowest BCUT2D eigenvalue weighted by Gasteiger charge is -2.16. The highest BCUT2D eigenvalue weighted by Crippen LogP contribution is 2.34. The van der Waals surface area contributed by atoms with Crippen LogP contribution in [0.2, 0.25) is 0 Å². The molecule has 1 saturated carbocycles. The van der Waals surface area contributed by atoms with Gasteiger partial charge in [0.05, 0.1) is 13.2 Å². The Morgan fingerprint density at radius 2 is 2.12 bits per heavy atom. The first-order chi connectivity index (χ1) is 8.20. The van der Waals surface area contributed by atoms with Gasteiger partial charge in [-0.15, -0.1) is 0 Å². The van der Waals surface area contributed by atoms with Crippen molar-refractivity contribution in [1.82, 2.24) is 0 Å². The molecule has 0 radical (unpaired) electrons. The highest BCUT2D eigenvalue weighted by molar-refractivity contribution is 5.30. The monoisotopic (exact) mass is 238 g/mol. The summed E-state index contributed by atoms with van der Waals surface area (Å²) in [4.78, 5) is 0. The maximum atomic E-state index is 13.7. The lowest BCUT2D eigenvalue weighted by Crippen LogP contribution is -2.06. The predicted octanol–water partition coefficient (Wildman–Crippen LogP) is 3.45. The molecule has 94 valence electrons. The SMILES string of the molecule is COc1ccc(C(O)CC2CCCC2)c(F)c1. The molecule has 2 rings (SSSR count). The Balaban J connectivity index is 2.04. The third kappa shape index (κ3) is 2.97. The number of halogens is 1. The largest absolute Gasteiger partial charge is 0.497 e. The van der Waals surface area contributed by atoms with Crippen molar-refractivity contribution in [3.63, 3.8) is 0 Å². The summed E-state index contributed by atoms with van der Waals surface area (Å²) in [6.45, 7) is 0. The van der Waals surface area contributed by atoms with E-state index >= 15 is 0 Å². The van der Waals surface area contributed by atoms with Crippen LogP contribution >= 0.6 is 0 Å². The van der Waals surface area contributed by atoms with Crippen LogP contribution in [-0.2, 0) is 0 Å². The van der Waals surface area contributed by atoms with Gasteiger partial charge in [0.15, 0.2) is 0 Å². The molecule has 1 fully saturated rings. The Kier molecular flexibility index (Phi) is 4.00. The van der Waals surface area contributed by atoms with Gasteiger partial charge in [0, 0.05) is 11.6 Å². The van der Waals surface area contributed by atoms with Crippen LogP contribution in [0.1, 0.15) is 43.8 Å². The highest BCUT2D eigenvalue weighted by Gasteiger charge is 2.21. The zero-order chi connectivity index (χ0) is 12.3. The molecule has 0 spiro atoms. The number of aliphatic hydroxyl groups excluding tert-OH is 1. The number of benzene rings is 1. The van der Waals surface area contributed by atoms with E-state index in [0.29, 0.717) is 23.7 Å². The van der Waals surface area contributed by atoms with Gasteiger partial charge in [0.25, 0.3) is 0 Å². The fraction of sp³-hybridized carbons (Fsp3) is 0.571. The summed E-state index contributed by atoms with van der Waals surface area (Å²) >= 11 is 0.